The van der Waals surface area contributed by atoms with Crippen molar-refractivity contribution in [3.05, 3.63) is 41.6 Å². The summed E-state index contributed by atoms with van der Waals surface area (Å²) in [7, 11) is 0. The average molecular weight is 302 g/mol. The fraction of sp³-hybridized carbons (Fsp3) is 0.286. The summed E-state index contributed by atoms with van der Waals surface area (Å²) >= 11 is 0. The van der Waals surface area contributed by atoms with E-state index in [0.717, 1.165) is 16.5 Å². The van der Waals surface area contributed by atoms with Crippen molar-refractivity contribution in [1.29, 1.82) is 0 Å². The van der Waals surface area contributed by atoms with E-state index < -0.39 is 5.92 Å². The van der Waals surface area contributed by atoms with Crippen LogP contribution in [0.15, 0.2) is 24.4 Å². The summed E-state index contributed by atoms with van der Waals surface area (Å²) in [5.74, 6) is -0.536. The molecule has 1 aromatic carbocycles. The zero-order valence-electron chi connectivity index (χ0n) is 11.9. The topological polar surface area (TPSA) is 99.4 Å². The van der Waals surface area contributed by atoms with Gasteiger partial charge in [-0.3, -0.25) is 4.79 Å². The predicted molar refractivity (Wildman–Crippen MR) is 77.6 cm³/mol. The van der Waals surface area contributed by atoms with E-state index in [0.29, 0.717) is 18.8 Å². The normalized spacial score (nSPS) is 12.5. The van der Waals surface area contributed by atoms with Crippen molar-refractivity contribution in [3.63, 3.8) is 0 Å². The fourth-order valence-corrected chi connectivity index (χ4v) is 2.31. The molecule has 0 bridgehead atoms. The van der Waals surface area contributed by atoms with Crippen molar-refractivity contribution in [2.75, 3.05) is 6.54 Å². The smallest absolute Gasteiger partial charge is 0.230 e. The van der Waals surface area contributed by atoms with Crippen LogP contribution >= 0.6 is 0 Å². The minimum Gasteiger partial charge on any atom is -0.361 e. The van der Waals surface area contributed by atoms with Gasteiger partial charge >= 0.3 is 0 Å². The summed E-state index contributed by atoms with van der Waals surface area (Å²) in [6.45, 7) is 2.19. The molecule has 0 fully saturated rings. The highest BCUT2D eigenvalue weighted by Crippen LogP contribution is 2.19. The van der Waals surface area contributed by atoms with Crippen molar-refractivity contribution in [1.82, 2.24) is 30.9 Å². The standard InChI is InChI=1S/C14H15FN6O/c1-8(13-18-20-21-19-13)14(22)16-5-4-9-7-17-12-6-10(15)2-3-11(9)12/h2-3,6-8,17H,4-5H2,1H3,(H,16,22)(H,18,19,20,21). The van der Waals surface area contributed by atoms with Crippen LogP contribution in [0.5, 0.6) is 0 Å². The highest BCUT2D eigenvalue weighted by molar-refractivity contribution is 5.84. The molecule has 3 N–H and O–H groups in total. The molecule has 1 amide bonds. The maximum atomic E-state index is 13.1. The summed E-state index contributed by atoms with van der Waals surface area (Å²) in [6.07, 6.45) is 2.48. The average Bonchev–Trinajstić information content (AvgIpc) is 3.16. The number of amides is 1. The van der Waals surface area contributed by atoms with Crippen LogP contribution in [0.4, 0.5) is 4.39 Å². The molecule has 0 aliphatic rings. The minimum absolute atomic E-state index is 0.160. The molecule has 0 radical (unpaired) electrons. The third kappa shape index (κ3) is 2.80. The molecule has 1 atom stereocenters. The van der Waals surface area contributed by atoms with Crippen molar-refractivity contribution in [2.24, 2.45) is 0 Å². The van der Waals surface area contributed by atoms with Gasteiger partial charge in [-0.25, -0.2) is 4.39 Å². The molecule has 3 rings (SSSR count). The number of carbonyl (C=O) groups excluding carboxylic acids is 1. The fourth-order valence-electron chi connectivity index (χ4n) is 2.31. The summed E-state index contributed by atoms with van der Waals surface area (Å²) in [4.78, 5) is 15.0. The quantitative estimate of drug-likeness (QED) is 0.661. The molecule has 114 valence electrons. The van der Waals surface area contributed by atoms with E-state index in [9.17, 15) is 9.18 Å². The van der Waals surface area contributed by atoms with E-state index in [1.54, 1.807) is 13.0 Å². The summed E-state index contributed by atoms with van der Waals surface area (Å²) < 4.78 is 13.1. The lowest BCUT2D eigenvalue weighted by atomic mass is 10.1. The van der Waals surface area contributed by atoms with Crippen molar-refractivity contribution >= 4 is 16.8 Å². The van der Waals surface area contributed by atoms with Crippen LogP contribution in [0.2, 0.25) is 0 Å². The Morgan fingerprint density at radius 2 is 2.32 bits per heavy atom. The SMILES string of the molecule is CC(C(=O)NCCc1c[nH]c2cc(F)ccc12)c1nn[nH]n1. The summed E-state index contributed by atoms with van der Waals surface area (Å²) in [5, 5.41) is 17.1. The van der Waals surface area contributed by atoms with Crippen LogP contribution in [0.1, 0.15) is 24.2 Å². The maximum absolute atomic E-state index is 13.1. The van der Waals surface area contributed by atoms with Gasteiger partial charge in [0.15, 0.2) is 5.82 Å². The summed E-state index contributed by atoms with van der Waals surface area (Å²) in [6, 6.07) is 4.62. The number of aromatic nitrogens is 5. The number of H-pyrrole nitrogens is 2. The van der Waals surface area contributed by atoms with E-state index in [4.69, 9.17) is 0 Å². The zero-order valence-corrected chi connectivity index (χ0v) is 11.9. The number of halogens is 1. The number of tetrazole rings is 1. The first-order valence-electron chi connectivity index (χ1n) is 6.91. The number of hydrogen-bond donors (Lipinski definition) is 3. The number of hydrogen-bond acceptors (Lipinski definition) is 4. The third-order valence-electron chi connectivity index (χ3n) is 3.57. The molecule has 0 spiro atoms. The number of rotatable bonds is 5. The van der Waals surface area contributed by atoms with Gasteiger partial charge < -0.3 is 10.3 Å². The Morgan fingerprint density at radius 3 is 3.09 bits per heavy atom. The molecule has 1 unspecified atom stereocenters. The van der Waals surface area contributed by atoms with Gasteiger partial charge in [0.25, 0.3) is 0 Å². The van der Waals surface area contributed by atoms with Crippen molar-refractivity contribution in [3.8, 4) is 0 Å². The van der Waals surface area contributed by atoms with Gasteiger partial charge in [0.2, 0.25) is 5.91 Å². The van der Waals surface area contributed by atoms with E-state index >= 15 is 0 Å². The molecular formula is C14H15FN6O. The minimum atomic E-state index is -0.462. The van der Waals surface area contributed by atoms with Gasteiger partial charge in [-0.2, -0.15) is 5.21 Å². The van der Waals surface area contributed by atoms with Crippen molar-refractivity contribution in [2.45, 2.75) is 19.3 Å². The van der Waals surface area contributed by atoms with Crippen LogP contribution in [0, 0.1) is 5.82 Å². The molecule has 2 heterocycles. The Hall–Kier alpha value is -2.77. The molecule has 0 aliphatic carbocycles. The number of benzene rings is 1. The first kappa shape index (κ1) is 14.2. The Morgan fingerprint density at radius 1 is 1.45 bits per heavy atom. The van der Waals surface area contributed by atoms with Gasteiger partial charge in [-0.15, -0.1) is 10.2 Å². The molecule has 2 aromatic heterocycles. The number of nitrogens with zero attached hydrogens (tertiary/aromatic N) is 3. The second-order valence-electron chi connectivity index (χ2n) is 5.04. The van der Waals surface area contributed by atoms with Crippen molar-refractivity contribution < 1.29 is 9.18 Å². The second-order valence-corrected chi connectivity index (χ2v) is 5.04. The van der Waals surface area contributed by atoms with Gasteiger partial charge in [-0.05, 0) is 37.1 Å². The Kier molecular flexibility index (Phi) is 3.82. The third-order valence-corrected chi connectivity index (χ3v) is 3.57. The van der Waals surface area contributed by atoms with E-state index in [1.807, 2.05) is 6.20 Å². The summed E-state index contributed by atoms with van der Waals surface area (Å²) in [5.41, 5.74) is 1.78. The van der Waals surface area contributed by atoms with Gasteiger partial charge in [0, 0.05) is 23.6 Å². The largest absolute Gasteiger partial charge is 0.361 e. The number of fused-ring (bicyclic) bond motifs is 1. The first-order chi connectivity index (χ1) is 10.6. The molecule has 8 heteroatoms. The molecule has 3 aromatic rings. The van der Waals surface area contributed by atoms with Crippen LogP contribution in [0.3, 0.4) is 0 Å². The lowest BCUT2D eigenvalue weighted by Gasteiger charge is -2.08. The number of aromatic amines is 2. The molecule has 0 saturated carbocycles. The lowest BCUT2D eigenvalue weighted by molar-refractivity contribution is -0.122. The van der Waals surface area contributed by atoms with Crippen LogP contribution in [0.25, 0.3) is 10.9 Å². The monoisotopic (exact) mass is 302 g/mol. The highest BCUT2D eigenvalue weighted by atomic mass is 19.1. The van der Waals surface area contributed by atoms with Crippen LogP contribution < -0.4 is 5.32 Å². The zero-order chi connectivity index (χ0) is 15.5. The predicted octanol–water partition coefficient (Wildman–Crippen LogP) is 1.28. The molecule has 0 aliphatic heterocycles. The second kappa shape index (κ2) is 5.92. The van der Waals surface area contributed by atoms with E-state index in [1.165, 1.54) is 12.1 Å². The molecule has 0 saturated heterocycles. The molecular weight excluding hydrogens is 287 g/mol. The van der Waals surface area contributed by atoms with Crippen LogP contribution in [-0.2, 0) is 11.2 Å². The van der Waals surface area contributed by atoms with E-state index in [2.05, 4.69) is 30.9 Å². The maximum Gasteiger partial charge on any atom is 0.230 e. The van der Waals surface area contributed by atoms with E-state index in [-0.39, 0.29) is 11.7 Å². The lowest BCUT2D eigenvalue weighted by Crippen LogP contribution is -2.30. The van der Waals surface area contributed by atoms with Crippen LogP contribution in [-0.4, -0.2) is 38.1 Å². The highest BCUT2D eigenvalue weighted by Gasteiger charge is 2.18. The molecule has 7 nitrogen and oxygen atoms in total. The Labute approximate surface area is 125 Å². The molecule has 22 heavy (non-hydrogen) atoms. The number of nitrogens with one attached hydrogen (secondary N) is 3. The number of carbonyl (C=O) groups is 1. The Bertz CT molecular complexity index is 782. The Balaban J connectivity index is 1.59. The first-order valence-corrected chi connectivity index (χ1v) is 6.91. The van der Waals surface area contributed by atoms with Gasteiger partial charge in [-0.1, -0.05) is 5.21 Å². The van der Waals surface area contributed by atoms with Gasteiger partial charge in [0.05, 0.1) is 5.92 Å². The van der Waals surface area contributed by atoms with Gasteiger partial charge in [0.1, 0.15) is 5.82 Å².